The van der Waals surface area contributed by atoms with E-state index in [1.165, 1.54) is 82.4 Å². The fourth-order valence-electron chi connectivity index (χ4n) is 9.01. The Labute approximate surface area is 332 Å². The van der Waals surface area contributed by atoms with Gasteiger partial charge < -0.3 is 4.42 Å². The van der Waals surface area contributed by atoms with E-state index in [0.717, 1.165) is 33.1 Å². The normalized spacial score (nSPS) is 12.1. The fourth-order valence-corrected chi connectivity index (χ4v) is 9.01. The van der Waals surface area contributed by atoms with Crippen LogP contribution < -0.4 is 0 Å². The minimum Gasteiger partial charge on any atom is -0.455 e. The van der Waals surface area contributed by atoms with E-state index in [1.807, 2.05) is 6.07 Å². The summed E-state index contributed by atoms with van der Waals surface area (Å²) in [6.45, 7) is 6.91. The molecule has 1 aromatic heterocycles. The predicted molar refractivity (Wildman–Crippen MR) is 243 cm³/mol. The van der Waals surface area contributed by atoms with Gasteiger partial charge in [-0.3, -0.25) is 0 Å². The largest absolute Gasteiger partial charge is 0.455 e. The van der Waals surface area contributed by atoms with Crippen molar-refractivity contribution >= 4 is 54.3 Å². The summed E-state index contributed by atoms with van der Waals surface area (Å²) in [4.78, 5) is 0. The van der Waals surface area contributed by atoms with Crippen LogP contribution in [0.5, 0.6) is 0 Å². The van der Waals surface area contributed by atoms with Crippen LogP contribution in [0.3, 0.4) is 0 Å². The Kier molecular flexibility index (Phi) is 7.50. The molecule has 1 heteroatoms. The molecular weight excluding hydrogens is 689 g/mol. The molecule has 0 saturated carbocycles. The molecule has 0 saturated heterocycles. The average Bonchev–Trinajstić information content (AvgIpc) is 3.64. The molecule has 0 spiro atoms. The summed E-state index contributed by atoms with van der Waals surface area (Å²) < 4.78 is 6.63. The topological polar surface area (TPSA) is 13.1 Å². The van der Waals surface area contributed by atoms with Crippen LogP contribution in [-0.2, 0) is 5.41 Å². The maximum Gasteiger partial charge on any atom is 0.143 e. The molecule has 0 aliphatic carbocycles. The lowest BCUT2D eigenvalue weighted by Crippen LogP contribution is -2.10. The predicted octanol–water partition coefficient (Wildman–Crippen LogP) is 16.1. The van der Waals surface area contributed by atoms with E-state index >= 15 is 0 Å². The molecule has 0 amide bonds. The van der Waals surface area contributed by atoms with Gasteiger partial charge in [0.05, 0.1) is 0 Å². The second kappa shape index (κ2) is 12.8. The van der Waals surface area contributed by atoms with Gasteiger partial charge in [-0.15, -0.1) is 0 Å². The lowest BCUT2D eigenvalue weighted by atomic mass is 9.81. The Bertz CT molecular complexity index is 3270. The van der Waals surface area contributed by atoms with E-state index in [4.69, 9.17) is 4.42 Å². The summed E-state index contributed by atoms with van der Waals surface area (Å²) in [5.74, 6) is 0. The number of rotatable bonds is 5. The highest BCUT2D eigenvalue weighted by Gasteiger charge is 2.22. The zero-order valence-corrected chi connectivity index (χ0v) is 32.3. The van der Waals surface area contributed by atoms with Crippen molar-refractivity contribution in [2.45, 2.75) is 26.2 Å². The van der Waals surface area contributed by atoms with Crippen molar-refractivity contribution < 1.29 is 4.42 Å². The molecule has 0 N–H and O–H groups in total. The number of hydrogen-bond donors (Lipinski definition) is 0. The van der Waals surface area contributed by atoms with Gasteiger partial charge >= 0.3 is 0 Å². The highest BCUT2D eigenvalue weighted by Crippen LogP contribution is 2.47. The average molecular weight is 729 g/mol. The first-order valence-corrected chi connectivity index (χ1v) is 19.9. The molecule has 1 nitrogen and oxygen atoms in total. The van der Waals surface area contributed by atoms with Crippen LogP contribution in [0.15, 0.2) is 192 Å². The Morgan fingerprint density at radius 1 is 0.333 bits per heavy atom. The molecule has 270 valence electrons. The smallest absolute Gasteiger partial charge is 0.143 e. The first-order valence-electron chi connectivity index (χ1n) is 19.9. The summed E-state index contributed by atoms with van der Waals surface area (Å²) >= 11 is 0. The van der Waals surface area contributed by atoms with E-state index in [9.17, 15) is 0 Å². The number of fused-ring (bicyclic) bond motifs is 3. The van der Waals surface area contributed by atoms with Gasteiger partial charge in [0.1, 0.15) is 11.2 Å². The van der Waals surface area contributed by atoms with E-state index in [-0.39, 0.29) is 5.41 Å². The minimum atomic E-state index is 0.0399. The lowest BCUT2D eigenvalue weighted by Gasteiger charge is -2.23. The van der Waals surface area contributed by atoms with Crippen molar-refractivity contribution in [1.29, 1.82) is 0 Å². The molecule has 0 aliphatic rings. The number of hydrogen-bond acceptors (Lipinski definition) is 1. The Morgan fingerprint density at radius 2 is 0.860 bits per heavy atom. The number of benzene rings is 10. The molecule has 0 unspecified atom stereocenters. The summed E-state index contributed by atoms with van der Waals surface area (Å²) in [5.41, 5.74) is 15.1. The van der Waals surface area contributed by atoms with Crippen molar-refractivity contribution in [2.75, 3.05) is 0 Å². The highest BCUT2D eigenvalue weighted by atomic mass is 16.3. The van der Waals surface area contributed by atoms with Gasteiger partial charge in [-0.05, 0) is 124 Å². The summed E-state index contributed by atoms with van der Waals surface area (Å²) in [5, 5.41) is 10.0. The third-order valence-corrected chi connectivity index (χ3v) is 12.0. The van der Waals surface area contributed by atoms with E-state index in [1.54, 1.807) is 0 Å². The first-order chi connectivity index (χ1) is 27.9. The van der Waals surface area contributed by atoms with Gasteiger partial charge in [0.2, 0.25) is 0 Å². The Balaban J connectivity index is 1.21. The third-order valence-electron chi connectivity index (χ3n) is 12.0. The second-order valence-electron chi connectivity index (χ2n) is 16.5. The quantitative estimate of drug-likeness (QED) is 0.161. The molecule has 0 atom stereocenters. The second-order valence-corrected chi connectivity index (χ2v) is 16.5. The molecule has 0 fully saturated rings. The monoisotopic (exact) mass is 728 g/mol. The van der Waals surface area contributed by atoms with Crippen molar-refractivity contribution in [2.24, 2.45) is 0 Å². The lowest BCUT2D eigenvalue weighted by molar-refractivity contribution is 0.591. The van der Waals surface area contributed by atoms with Crippen LogP contribution in [0.2, 0.25) is 0 Å². The zero-order valence-electron chi connectivity index (χ0n) is 32.3. The van der Waals surface area contributed by atoms with Crippen LogP contribution in [0.4, 0.5) is 0 Å². The van der Waals surface area contributed by atoms with Crippen LogP contribution in [0.25, 0.3) is 110 Å². The van der Waals surface area contributed by atoms with Crippen LogP contribution in [0.1, 0.15) is 26.3 Å². The zero-order chi connectivity index (χ0) is 38.3. The molecule has 57 heavy (non-hydrogen) atoms. The third kappa shape index (κ3) is 5.53. The molecule has 0 radical (unpaired) electrons. The van der Waals surface area contributed by atoms with Crippen molar-refractivity contribution in [3.63, 3.8) is 0 Å². The summed E-state index contributed by atoms with van der Waals surface area (Å²) in [7, 11) is 0. The van der Waals surface area contributed by atoms with Gasteiger partial charge in [-0.1, -0.05) is 178 Å². The van der Waals surface area contributed by atoms with Gasteiger partial charge in [0.15, 0.2) is 0 Å². The van der Waals surface area contributed by atoms with Crippen LogP contribution in [-0.4, -0.2) is 0 Å². The number of furan rings is 1. The van der Waals surface area contributed by atoms with Gasteiger partial charge in [0, 0.05) is 16.3 Å². The van der Waals surface area contributed by atoms with Crippen molar-refractivity contribution in [3.05, 3.63) is 194 Å². The summed E-state index contributed by atoms with van der Waals surface area (Å²) in [6, 6.07) is 69.1. The van der Waals surface area contributed by atoms with Crippen LogP contribution >= 0.6 is 0 Å². The summed E-state index contributed by atoms with van der Waals surface area (Å²) in [6.07, 6.45) is 0. The van der Waals surface area contributed by atoms with Gasteiger partial charge in [0.25, 0.3) is 0 Å². The minimum absolute atomic E-state index is 0.0399. The molecule has 1 heterocycles. The Morgan fingerprint density at radius 3 is 1.53 bits per heavy atom. The van der Waals surface area contributed by atoms with Crippen molar-refractivity contribution in [3.8, 4) is 55.6 Å². The highest BCUT2D eigenvalue weighted by molar-refractivity contribution is 6.28. The van der Waals surface area contributed by atoms with Gasteiger partial charge in [-0.25, -0.2) is 0 Å². The van der Waals surface area contributed by atoms with Crippen molar-refractivity contribution in [1.82, 2.24) is 0 Å². The van der Waals surface area contributed by atoms with E-state index in [0.29, 0.717) is 0 Å². The van der Waals surface area contributed by atoms with Crippen LogP contribution in [0, 0.1) is 0 Å². The molecule has 0 aliphatic heterocycles. The molecule has 10 aromatic carbocycles. The maximum absolute atomic E-state index is 6.63. The molecule has 11 rings (SSSR count). The Hall–Kier alpha value is -6.96. The molecular formula is C56H40O. The van der Waals surface area contributed by atoms with Gasteiger partial charge in [-0.2, -0.15) is 0 Å². The SMILES string of the molecule is CC(C)(C)c1cc2ccc3c(-c4ccc(-c5ccccc5)cc4)cc(-c4cc(-c5ccccc5)cc(-c5cccc6c5oc5ccccc56)c4)c4ccc(c1)c2c34. The standard InChI is InChI=1S/C56H40O/c1-56(2,3)44-32-39-25-27-47-50(38-23-21-37(22-24-38)35-13-6-4-7-14-35)34-51(48-28-26-40(33-44)53(39)54(47)48)43-30-41(36-15-8-5-9-16-36)29-42(31-43)45-18-12-19-49-46-17-10-11-20-52(46)57-55(45)49/h4-34H,1-3H3. The number of para-hydroxylation sites is 2. The maximum atomic E-state index is 6.63. The molecule has 0 bridgehead atoms. The van der Waals surface area contributed by atoms with E-state index < -0.39 is 0 Å². The first kappa shape index (κ1) is 33.4. The molecule has 11 aromatic rings. The van der Waals surface area contributed by atoms with E-state index in [2.05, 4.69) is 203 Å². The fraction of sp³-hybridized carbons (Fsp3) is 0.0714.